The van der Waals surface area contributed by atoms with Crippen molar-refractivity contribution in [1.29, 1.82) is 5.26 Å². The number of aliphatic hydroxyl groups excluding tert-OH is 1. The number of nitriles is 1. The average Bonchev–Trinajstić information content (AvgIpc) is 2.59. The lowest BCUT2D eigenvalue weighted by molar-refractivity contribution is 0.285. The predicted octanol–water partition coefficient (Wildman–Crippen LogP) is 0.975. The van der Waals surface area contributed by atoms with E-state index in [9.17, 15) is 0 Å². The smallest absolute Gasteiger partial charge is 0.277 e. The second-order valence-electron chi connectivity index (χ2n) is 3.05. The van der Waals surface area contributed by atoms with Gasteiger partial charge in [0, 0.05) is 15.7 Å². The Morgan fingerprint density at radius 3 is 3.08 bits per heavy atom. The summed E-state index contributed by atoms with van der Waals surface area (Å²) < 4.78 is 0. The summed E-state index contributed by atoms with van der Waals surface area (Å²) in [6, 6.07) is 2.03. The molecule has 1 aromatic rings. The summed E-state index contributed by atoms with van der Waals surface area (Å²) in [6.45, 7) is 0.313. The fourth-order valence-corrected chi connectivity index (χ4v) is 2.74. The monoisotopic (exact) mass is 177 g/mol. The molecule has 0 aliphatic carbocycles. The SMILES string of the molecule is N#CB1Cc2cc(CO)sc2C1. The van der Waals surface area contributed by atoms with Gasteiger partial charge in [0.1, 0.15) is 0 Å². The summed E-state index contributed by atoms with van der Waals surface area (Å²) in [6.07, 6.45) is 1.76. The summed E-state index contributed by atoms with van der Waals surface area (Å²) in [5.41, 5.74) is 1.27. The van der Waals surface area contributed by atoms with E-state index < -0.39 is 0 Å². The lowest BCUT2D eigenvalue weighted by Crippen LogP contribution is -2.10. The zero-order valence-electron chi connectivity index (χ0n) is 6.58. The minimum absolute atomic E-state index is 0.134. The van der Waals surface area contributed by atoms with Crippen molar-refractivity contribution in [2.45, 2.75) is 19.2 Å². The van der Waals surface area contributed by atoms with Crippen molar-refractivity contribution in [2.75, 3.05) is 0 Å². The molecule has 1 N–H and O–H groups in total. The highest BCUT2D eigenvalue weighted by atomic mass is 32.1. The maximum Gasteiger partial charge on any atom is 0.277 e. The normalized spacial score (nSPS) is 14.5. The highest BCUT2D eigenvalue weighted by molar-refractivity contribution is 7.12. The van der Waals surface area contributed by atoms with Gasteiger partial charge >= 0.3 is 0 Å². The van der Waals surface area contributed by atoms with E-state index in [2.05, 4.69) is 5.97 Å². The van der Waals surface area contributed by atoms with Crippen LogP contribution in [-0.2, 0) is 19.2 Å². The molecule has 0 atom stereocenters. The van der Waals surface area contributed by atoms with Gasteiger partial charge in [-0.1, -0.05) is 0 Å². The largest absolute Gasteiger partial charge is 0.391 e. The quantitative estimate of drug-likeness (QED) is 0.649. The van der Waals surface area contributed by atoms with E-state index in [1.54, 1.807) is 11.3 Å². The molecule has 0 amide bonds. The van der Waals surface area contributed by atoms with Gasteiger partial charge in [-0.25, -0.2) is 5.26 Å². The Morgan fingerprint density at radius 2 is 2.50 bits per heavy atom. The van der Waals surface area contributed by atoms with Crippen molar-refractivity contribution in [1.82, 2.24) is 0 Å². The second kappa shape index (κ2) is 2.93. The molecule has 0 fully saturated rings. The van der Waals surface area contributed by atoms with Gasteiger partial charge in [-0.15, -0.1) is 11.3 Å². The number of fused-ring (bicyclic) bond motifs is 1. The first-order valence-electron chi connectivity index (χ1n) is 3.94. The summed E-state index contributed by atoms with van der Waals surface area (Å²) >= 11 is 1.64. The number of thiophene rings is 1. The van der Waals surface area contributed by atoms with Crippen molar-refractivity contribution in [3.63, 3.8) is 0 Å². The molecule has 1 aliphatic heterocycles. The van der Waals surface area contributed by atoms with Crippen molar-refractivity contribution in [2.24, 2.45) is 0 Å². The van der Waals surface area contributed by atoms with Crippen LogP contribution >= 0.6 is 11.3 Å². The summed E-state index contributed by atoms with van der Waals surface area (Å²) in [5.74, 6) is 2.28. The lowest BCUT2D eigenvalue weighted by Gasteiger charge is -1.89. The molecule has 0 unspecified atom stereocenters. The Kier molecular flexibility index (Phi) is 1.91. The molecule has 1 aliphatic rings. The Morgan fingerprint density at radius 1 is 1.67 bits per heavy atom. The number of hydrogen-bond acceptors (Lipinski definition) is 3. The Bertz CT molecular complexity index is 318. The van der Waals surface area contributed by atoms with Gasteiger partial charge < -0.3 is 5.11 Å². The number of aliphatic hydroxyl groups is 1. The van der Waals surface area contributed by atoms with Gasteiger partial charge in [-0.3, -0.25) is 0 Å². The summed E-state index contributed by atoms with van der Waals surface area (Å²) in [4.78, 5) is 2.32. The van der Waals surface area contributed by atoms with Crippen LogP contribution in [-0.4, -0.2) is 11.8 Å². The molecule has 60 valence electrons. The van der Waals surface area contributed by atoms with Crippen LogP contribution in [0, 0.1) is 11.2 Å². The van der Waals surface area contributed by atoms with Crippen molar-refractivity contribution in [3.8, 4) is 5.97 Å². The van der Waals surface area contributed by atoms with Crippen LogP contribution in [0.3, 0.4) is 0 Å². The first-order valence-corrected chi connectivity index (χ1v) is 4.76. The molecule has 0 radical (unpaired) electrons. The summed E-state index contributed by atoms with van der Waals surface area (Å²) in [5, 5.41) is 17.6. The molecule has 2 nitrogen and oxygen atoms in total. The van der Waals surface area contributed by atoms with Crippen LogP contribution < -0.4 is 0 Å². The van der Waals surface area contributed by atoms with Crippen molar-refractivity contribution < 1.29 is 5.11 Å². The molecule has 0 aromatic carbocycles. The number of rotatable bonds is 1. The molecule has 0 bridgehead atoms. The van der Waals surface area contributed by atoms with Crippen LogP contribution in [0.2, 0.25) is 0 Å². The maximum atomic E-state index is 8.86. The molecule has 0 saturated carbocycles. The molecule has 2 heterocycles. The number of nitrogens with zero attached hydrogens (tertiary/aromatic N) is 1. The second-order valence-corrected chi connectivity index (χ2v) is 4.27. The van der Waals surface area contributed by atoms with E-state index >= 15 is 0 Å². The van der Waals surface area contributed by atoms with E-state index in [-0.39, 0.29) is 13.3 Å². The topological polar surface area (TPSA) is 44.0 Å². The van der Waals surface area contributed by atoms with Crippen LogP contribution in [0.1, 0.15) is 15.3 Å². The van der Waals surface area contributed by atoms with Gasteiger partial charge in [0.05, 0.1) is 6.61 Å². The average molecular weight is 177 g/mol. The lowest BCUT2D eigenvalue weighted by atomic mass is 9.49. The minimum Gasteiger partial charge on any atom is -0.391 e. The maximum absolute atomic E-state index is 8.86. The first-order chi connectivity index (χ1) is 5.83. The fourth-order valence-electron chi connectivity index (χ4n) is 1.60. The highest BCUT2D eigenvalue weighted by Crippen LogP contribution is 2.29. The van der Waals surface area contributed by atoms with E-state index in [0.29, 0.717) is 0 Å². The summed E-state index contributed by atoms with van der Waals surface area (Å²) in [7, 11) is 0. The first kappa shape index (κ1) is 7.84. The number of hydrogen-bond donors (Lipinski definition) is 1. The molecule has 4 heteroatoms. The third-order valence-corrected chi connectivity index (χ3v) is 3.37. The van der Waals surface area contributed by atoms with Gasteiger partial charge in [0.25, 0.3) is 6.71 Å². The van der Waals surface area contributed by atoms with Crippen LogP contribution in [0.15, 0.2) is 6.07 Å². The van der Waals surface area contributed by atoms with Crippen molar-refractivity contribution in [3.05, 3.63) is 21.4 Å². The zero-order valence-corrected chi connectivity index (χ0v) is 7.40. The van der Waals surface area contributed by atoms with Gasteiger partial charge in [0.2, 0.25) is 0 Å². The third kappa shape index (κ3) is 1.15. The van der Waals surface area contributed by atoms with E-state index in [4.69, 9.17) is 10.4 Å². The Hall–Kier alpha value is -0.785. The molecular formula is C8H8BNOS. The van der Waals surface area contributed by atoms with Gasteiger partial charge in [-0.05, 0) is 24.3 Å². The van der Waals surface area contributed by atoms with E-state index in [1.807, 2.05) is 6.07 Å². The van der Waals surface area contributed by atoms with Crippen molar-refractivity contribution >= 4 is 18.0 Å². The molecule has 12 heavy (non-hydrogen) atoms. The van der Waals surface area contributed by atoms with Gasteiger partial charge in [-0.2, -0.15) is 0 Å². The Balaban J connectivity index is 2.25. The highest BCUT2D eigenvalue weighted by Gasteiger charge is 2.27. The molecular weight excluding hydrogens is 169 g/mol. The van der Waals surface area contributed by atoms with E-state index in [0.717, 1.165) is 17.5 Å². The minimum atomic E-state index is 0.134. The van der Waals surface area contributed by atoms with Crippen LogP contribution in [0.4, 0.5) is 0 Å². The van der Waals surface area contributed by atoms with Crippen LogP contribution in [0.5, 0.6) is 0 Å². The molecule has 1 aromatic heterocycles. The standard InChI is InChI=1S/C8H8BNOS/c10-5-9-2-6-1-7(4-11)12-8(6)3-9/h1,11H,2-4H2. The zero-order chi connectivity index (χ0) is 8.55. The van der Waals surface area contributed by atoms with Gasteiger partial charge in [0.15, 0.2) is 0 Å². The third-order valence-electron chi connectivity index (χ3n) is 2.18. The van der Waals surface area contributed by atoms with Crippen LogP contribution in [0.25, 0.3) is 0 Å². The fraction of sp³-hybridized carbons (Fsp3) is 0.375. The molecule has 0 saturated heterocycles. The molecule has 0 spiro atoms. The Labute approximate surface area is 75.5 Å². The molecule has 2 rings (SSSR count). The predicted molar refractivity (Wildman–Crippen MR) is 49.0 cm³/mol. The van der Waals surface area contributed by atoms with E-state index in [1.165, 1.54) is 10.4 Å².